The van der Waals surface area contributed by atoms with Gasteiger partial charge in [-0.1, -0.05) is 13.0 Å². The number of benzene rings is 1. The van der Waals surface area contributed by atoms with Crippen LogP contribution in [0.25, 0.3) is 5.65 Å². The van der Waals surface area contributed by atoms with Gasteiger partial charge < -0.3 is 15.1 Å². The molecule has 0 saturated carbocycles. The van der Waals surface area contributed by atoms with Gasteiger partial charge >= 0.3 is 0 Å². The summed E-state index contributed by atoms with van der Waals surface area (Å²) in [6, 6.07) is 11.1. The number of nitrogens with zero attached hydrogens (tertiary/aromatic N) is 4. The number of likely N-dealkylation sites (N-methyl/N-ethyl adjacent to an activating group) is 1. The van der Waals surface area contributed by atoms with Crippen molar-refractivity contribution in [3.05, 3.63) is 70.3 Å². The molecule has 0 atom stereocenters. The number of amides is 1. The molecule has 3 aromatic rings. The third-order valence-corrected chi connectivity index (χ3v) is 5.47. The van der Waals surface area contributed by atoms with Gasteiger partial charge in [0, 0.05) is 49.9 Å². The lowest BCUT2D eigenvalue weighted by Crippen LogP contribution is -2.46. The summed E-state index contributed by atoms with van der Waals surface area (Å²) in [7, 11) is 0. The van der Waals surface area contributed by atoms with E-state index in [-0.39, 0.29) is 11.1 Å². The van der Waals surface area contributed by atoms with Crippen LogP contribution in [0, 0.1) is 6.92 Å². The second-order valence-electron chi connectivity index (χ2n) is 7.28. The SMILES string of the molecule is CCN1CCN(c2ccc(NC(=O)c3cnc4ccccn4c3=O)cc2C)CC1. The van der Waals surface area contributed by atoms with Crippen molar-refractivity contribution in [2.75, 3.05) is 42.9 Å². The number of rotatable bonds is 4. The molecular formula is C22H25N5O2. The van der Waals surface area contributed by atoms with E-state index in [1.807, 2.05) is 25.1 Å². The van der Waals surface area contributed by atoms with Crippen LogP contribution in [-0.4, -0.2) is 52.9 Å². The Morgan fingerprint density at radius 3 is 2.66 bits per heavy atom. The number of hydrogen-bond acceptors (Lipinski definition) is 5. The van der Waals surface area contributed by atoms with Crippen LogP contribution in [0.15, 0.2) is 53.6 Å². The number of hydrogen-bond donors (Lipinski definition) is 1. The van der Waals surface area contributed by atoms with Crippen molar-refractivity contribution in [1.82, 2.24) is 14.3 Å². The monoisotopic (exact) mass is 391 g/mol. The lowest BCUT2D eigenvalue weighted by atomic mass is 10.1. The fraction of sp³-hybridized carbons (Fsp3) is 0.318. The highest BCUT2D eigenvalue weighted by molar-refractivity contribution is 6.04. The third-order valence-electron chi connectivity index (χ3n) is 5.47. The maximum absolute atomic E-state index is 12.7. The van der Waals surface area contributed by atoms with E-state index in [1.54, 1.807) is 24.4 Å². The Morgan fingerprint density at radius 1 is 1.14 bits per heavy atom. The molecule has 1 aromatic carbocycles. The van der Waals surface area contributed by atoms with E-state index in [2.05, 4.69) is 27.0 Å². The van der Waals surface area contributed by atoms with E-state index < -0.39 is 5.91 Å². The average molecular weight is 391 g/mol. The number of fused-ring (bicyclic) bond motifs is 1. The molecule has 1 aliphatic rings. The highest BCUT2D eigenvalue weighted by atomic mass is 16.2. The maximum atomic E-state index is 12.7. The van der Waals surface area contributed by atoms with Crippen LogP contribution >= 0.6 is 0 Å². The van der Waals surface area contributed by atoms with Crippen molar-refractivity contribution in [3.63, 3.8) is 0 Å². The first-order chi connectivity index (χ1) is 14.1. The highest BCUT2D eigenvalue weighted by Crippen LogP contribution is 2.25. The lowest BCUT2D eigenvalue weighted by Gasteiger charge is -2.36. The summed E-state index contributed by atoms with van der Waals surface area (Å²) in [6.45, 7) is 9.45. The molecule has 3 heterocycles. The summed E-state index contributed by atoms with van der Waals surface area (Å²) in [4.78, 5) is 34.3. The minimum atomic E-state index is -0.454. The van der Waals surface area contributed by atoms with Crippen molar-refractivity contribution in [3.8, 4) is 0 Å². The number of aromatic nitrogens is 2. The fourth-order valence-corrected chi connectivity index (χ4v) is 3.77. The van der Waals surface area contributed by atoms with E-state index >= 15 is 0 Å². The van der Waals surface area contributed by atoms with Crippen LogP contribution in [0.2, 0.25) is 0 Å². The molecule has 7 heteroatoms. The summed E-state index contributed by atoms with van der Waals surface area (Å²) in [5.41, 5.74) is 3.10. The number of carbonyl (C=O) groups is 1. The molecule has 4 rings (SSSR count). The number of pyridine rings is 1. The average Bonchev–Trinajstić information content (AvgIpc) is 2.74. The first-order valence-electron chi connectivity index (χ1n) is 9.92. The van der Waals surface area contributed by atoms with Gasteiger partial charge in [-0.2, -0.15) is 0 Å². The molecule has 1 saturated heterocycles. The van der Waals surface area contributed by atoms with E-state index in [0.717, 1.165) is 38.3 Å². The molecule has 0 radical (unpaired) electrons. The Balaban J connectivity index is 1.51. The Hall–Kier alpha value is -3.19. The second-order valence-corrected chi connectivity index (χ2v) is 7.28. The van der Waals surface area contributed by atoms with E-state index in [1.165, 1.54) is 16.3 Å². The molecule has 0 bridgehead atoms. The molecule has 150 valence electrons. The second kappa shape index (κ2) is 8.05. The van der Waals surface area contributed by atoms with Crippen molar-refractivity contribution in [2.45, 2.75) is 13.8 Å². The van der Waals surface area contributed by atoms with Gasteiger partial charge in [-0.05, 0) is 49.4 Å². The minimum Gasteiger partial charge on any atom is -0.369 e. The zero-order valence-corrected chi connectivity index (χ0v) is 16.8. The van der Waals surface area contributed by atoms with E-state index in [9.17, 15) is 9.59 Å². The molecule has 1 aliphatic heterocycles. The molecule has 2 aromatic heterocycles. The van der Waals surface area contributed by atoms with Gasteiger partial charge in [0.15, 0.2) is 0 Å². The fourth-order valence-electron chi connectivity index (χ4n) is 3.77. The number of nitrogens with one attached hydrogen (secondary N) is 1. The Bertz CT molecular complexity index is 1100. The molecular weight excluding hydrogens is 366 g/mol. The number of piperazine rings is 1. The maximum Gasteiger partial charge on any atom is 0.270 e. The van der Waals surface area contributed by atoms with Gasteiger partial charge in [-0.15, -0.1) is 0 Å². The van der Waals surface area contributed by atoms with Crippen LogP contribution in [0.5, 0.6) is 0 Å². The smallest absolute Gasteiger partial charge is 0.270 e. The molecule has 1 N–H and O–H groups in total. The number of anilines is 2. The van der Waals surface area contributed by atoms with Crippen molar-refractivity contribution < 1.29 is 4.79 Å². The zero-order valence-electron chi connectivity index (χ0n) is 16.8. The van der Waals surface area contributed by atoms with Gasteiger partial charge in [-0.3, -0.25) is 14.0 Å². The molecule has 1 fully saturated rings. The van der Waals surface area contributed by atoms with Crippen molar-refractivity contribution in [2.24, 2.45) is 0 Å². The molecule has 0 aliphatic carbocycles. The van der Waals surface area contributed by atoms with Crippen LogP contribution in [0.4, 0.5) is 11.4 Å². The largest absolute Gasteiger partial charge is 0.369 e. The van der Waals surface area contributed by atoms with Crippen LogP contribution < -0.4 is 15.8 Å². The molecule has 7 nitrogen and oxygen atoms in total. The molecule has 0 unspecified atom stereocenters. The van der Waals surface area contributed by atoms with Gasteiger partial charge in [0.1, 0.15) is 11.2 Å². The normalized spacial score (nSPS) is 14.9. The minimum absolute atomic E-state index is 0.0196. The van der Waals surface area contributed by atoms with Gasteiger partial charge in [0.05, 0.1) is 0 Å². The van der Waals surface area contributed by atoms with Gasteiger partial charge in [-0.25, -0.2) is 4.98 Å². The quantitative estimate of drug-likeness (QED) is 0.740. The summed E-state index contributed by atoms with van der Waals surface area (Å²) in [5, 5.41) is 2.83. The van der Waals surface area contributed by atoms with E-state index in [4.69, 9.17) is 0 Å². The van der Waals surface area contributed by atoms with Crippen LogP contribution in [0.3, 0.4) is 0 Å². The zero-order chi connectivity index (χ0) is 20.4. The molecule has 0 spiro atoms. The van der Waals surface area contributed by atoms with Gasteiger partial charge in [0.2, 0.25) is 0 Å². The standard InChI is InChI=1S/C22H25N5O2/c1-3-25-10-12-26(13-11-25)19-8-7-17(14-16(19)2)24-21(28)18-15-23-20-6-4-5-9-27(20)22(18)29/h4-9,14-15H,3,10-13H2,1-2H3,(H,24,28). The van der Waals surface area contributed by atoms with Gasteiger partial charge in [0.25, 0.3) is 11.5 Å². The highest BCUT2D eigenvalue weighted by Gasteiger charge is 2.18. The van der Waals surface area contributed by atoms with Crippen molar-refractivity contribution in [1.29, 1.82) is 0 Å². The first kappa shape index (κ1) is 19.1. The lowest BCUT2D eigenvalue weighted by molar-refractivity contribution is 0.102. The predicted molar refractivity (Wildman–Crippen MR) is 115 cm³/mol. The summed E-state index contributed by atoms with van der Waals surface area (Å²) >= 11 is 0. The van der Waals surface area contributed by atoms with Crippen LogP contribution in [-0.2, 0) is 0 Å². The predicted octanol–water partition coefficient (Wildman–Crippen LogP) is 2.40. The van der Waals surface area contributed by atoms with Crippen LogP contribution in [0.1, 0.15) is 22.8 Å². The van der Waals surface area contributed by atoms with Crippen molar-refractivity contribution >= 4 is 22.9 Å². The topological polar surface area (TPSA) is 69.9 Å². The summed E-state index contributed by atoms with van der Waals surface area (Å²) < 4.78 is 1.37. The summed E-state index contributed by atoms with van der Waals surface area (Å²) in [5.74, 6) is -0.454. The Kier molecular flexibility index (Phi) is 5.31. The molecule has 29 heavy (non-hydrogen) atoms. The number of aryl methyl sites for hydroxylation is 1. The number of carbonyl (C=O) groups excluding carboxylic acids is 1. The first-order valence-corrected chi connectivity index (χ1v) is 9.92. The van der Waals surface area contributed by atoms with E-state index in [0.29, 0.717) is 11.3 Å². The third kappa shape index (κ3) is 3.86. The Labute approximate surface area is 169 Å². The summed E-state index contributed by atoms with van der Waals surface area (Å²) in [6.07, 6.45) is 2.94. The molecule has 1 amide bonds. The Morgan fingerprint density at radius 2 is 1.93 bits per heavy atom.